The molecule has 0 unspecified atom stereocenters. The summed E-state index contributed by atoms with van der Waals surface area (Å²) in [5.41, 5.74) is 10.6. The molecule has 4 nitrogen and oxygen atoms in total. The molecule has 0 aliphatic heterocycles. The van der Waals surface area contributed by atoms with Gasteiger partial charge in [0.15, 0.2) is 11.6 Å². The van der Waals surface area contributed by atoms with Crippen LogP contribution in [0.15, 0.2) is 47.5 Å². The Morgan fingerprint density at radius 2 is 1.65 bits per heavy atom. The normalized spacial score (nSPS) is 10.9. The van der Waals surface area contributed by atoms with Crippen molar-refractivity contribution >= 4 is 34.4 Å². The van der Waals surface area contributed by atoms with Crippen molar-refractivity contribution in [1.82, 2.24) is 9.97 Å². The van der Waals surface area contributed by atoms with Crippen molar-refractivity contribution in [2.24, 2.45) is 0 Å². The number of carbonyl (C=O) groups is 1. The highest BCUT2D eigenvalue weighted by atomic mass is 32.2. The molecular weight excluding hydrogens is 306 g/mol. The quantitative estimate of drug-likeness (QED) is 0.584. The predicted molar refractivity (Wildman–Crippen MR) is 94.9 cm³/mol. The van der Waals surface area contributed by atoms with Crippen molar-refractivity contribution in [1.29, 1.82) is 0 Å². The van der Waals surface area contributed by atoms with Gasteiger partial charge in [0.25, 0.3) is 0 Å². The minimum Gasteiger partial charge on any atom is -0.381 e. The second-order valence-electron chi connectivity index (χ2n) is 5.42. The van der Waals surface area contributed by atoms with Crippen LogP contribution in [-0.4, -0.2) is 21.5 Å². The summed E-state index contributed by atoms with van der Waals surface area (Å²) in [6, 6.07) is 13.2. The lowest BCUT2D eigenvalue weighted by Crippen LogP contribution is -2.04. The number of benzene rings is 2. The largest absolute Gasteiger partial charge is 0.381 e. The SMILES string of the molecule is Cc1cc2nc(N)c(SCC(=O)c3ccccc3)nc2cc1C. The maximum atomic E-state index is 12.2. The summed E-state index contributed by atoms with van der Waals surface area (Å²) in [7, 11) is 0. The molecule has 0 radical (unpaired) electrons. The lowest BCUT2D eigenvalue weighted by atomic mass is 10.1. The monoisotopic (exact) mass is 323 g/mol. The molecule has 3 aromatic rings. The Kier molecular flexibility index (Phi) is 4.30. The number of hydrogen-bond acceptors (Lipinski definition) is 5. The van der Waals surface area contributed by atoms with Gasteiger partial charge in [-0.05, 0) is 37.1 Å². The molecule has 1 aromatic heterocycles. The first kappa shape index (κ1) is 15.5. The Hall–Kier alpha value is -2.40. The standard InChI is InChI=1S/C18H17N3OS/c1-11-8-14-15(9-12(11)2)21-18(17(19)20-14)23-10-16(22)13-6-4-3-5-7-13/h3-9H,10H2,1-2H3,(H2,19,20). The van der Waals surface area contributed by atoms with Gasteiger partial charge in [-0.15, -0.1) is 0 Å². The Morgan fingerprint density at radius 1 is 1.04 bits per heavy atom. The van der Waals surface area contributed by atoms with Crippen molar-refractivity contribution in [3.05, 3.63) is 59.2 Å². The maximum absolute atomic E-state index is 12.2. The van der Waals surface area contributed by atoms with E-state index in [9.17, 15) is 4.79 Å². The molecule has 3 rings (SSSR count). The van der Waals surface area contributed by atoms with Gasteiger partial charge in [-0.3, -0.25) is 4.79 Å². The number of aryl methyl sites for hydroxylation is 2. The third-order valence-electron chi connectivity index (χ3n) is 3.71. The summed E-state index contributed by atoms with van der Waals surface area (Å²) in [5.74, 6) is 0.711. The minimum absolute atomic E-state index is 0.0528. The molecular formula is C18H17N3OS. The van der Waals surface area contributed by atoms with Crippen molar-refractivity contribution in [2.45, 2.75) is 18.9 Å². The zero-order valence-electron chi connectivity index (χ0n) is 13.0. The number of nitrogens with two attached hydrogens (primary N) is 1. The highest BCUT2D eigenvalue weighted by Gasteiger charge is 2.11. The van der Waals surface area contributed by atoms with Crippen LogP contribution in [0.2, 0.25) is 0 Å². The van der Waals surface area contributed by atoms with Gasteiger partial charge in [0.05, 0.1) is 16.8 Å². The Labute approximate surface area is 139 Å². The van der Waals surface area contributed by atoms with E-state index in [-0.39, 0.29) is 5.78 Å². The molecule has 1 heterocycles. The molecule has 0 fully saturated rings. The number of anilines is 1. The third kappa shape index (κ3) is 3.35. The van der Waals surface area contributed by atoms with Crippen LogP contribution < -0.4 is 5.73 Å². The number of aromatic nitrogens is 2. The molecule has 116 valence electrons. The second kappa shape index (κ2) is 6.38. The molecule has 2 N–H and O–H groups in total. The fraction of sp³-hybridized carbons (Fsp3) is 0.167. The number of Topliss-reactive ketones (excluding diaryl/α,β-unsaturated/α-hetero) is 1. The van der Waals surface area contributed by atoms with Crippen LogP contribution in [0.5, 0.6) is 0 Å². The van der Waals surface area contributed by atoms with Gasteiger partial charge < -0.3 is 5.73 Å². The van der Waals surface area contributed by atoms with Crippen LogP contribution in [0, 0.1) is 13.8 Å². The summed E-state index contributed by atoms with van der Waals surface area (Å²) < 4.78 is 0. The zero-order valence-corrected chi connectivity index (χ0v) is 13.9. The first-order chi connectivity index (χ1) is 11.0. The van der Waals surface area contributed by atoms with E-state index >= 15 is 0 Å². The first-order valence-corrected chi connectivity index (χ1v) is 8.28. The average molecular weight is 323 g/mol. The summed E-state index contributed by atoms with van der Waals surface area (Å²) in [5, 5.41) is 0.602. The number of carbonyl (C=O) groups excluding carboxylic acids is 1. The van der Waals surface area contributed by atoms with E-state index in [1.165, 1.54) is 11.8 Å². The van der Waals surface area contributed by atoms with Crippen molar-refractivity contribution in [3.63, 3.8) is 0 Å². The number of hydrogen-bond donors (Lipinski definition) is 1. The van der Waals surface area contributed by atoms with Gasteiger partial charge >= 0.3 is 0 Å². The molecule has 0 saturated carbocycles. The maximum Gasteiger partial charge on any atom is 0.173 e. The highest BCUT2D eigenvalue weighted by molar-refractivity contribution is 8.00. The fourth-order valence-electron chi connectivity index (χ4n) is 2.26. The predicted octanol–water partition coefficient (Wildman–Crippen LogP) is 3.80. The number of ketones is 1. The molecule has 0 bridgehead atoms. The number of fused-ring (bicyclic) bond motifs is 1. The number of rotatable bonds is 4. The molecule has 0 aliphatic rings. The van der Waals surface area contributed by atoms with Gasteiger partial charge in [0, 0.05) is 5.56 Å². The van der Waals surface area contributed by atoms with Crippen LogP contribution in [0.3, 0.4) is 0 Å². The first-order valence-electron chi connectivity index (χ1n) is 7.30. The molecule has 2 aromatic carbocycles. The van der Waals surface area contributed by atoms with Crippen molar-refractivity contribution in [3.8, 4) is 0 Å². The number of thioether (sulfide) groups is 1. The Morgan fingerprint density at radius 3 is 2.30 bits per heavy atom. The van der Waals surface area contributed by atoms with E-state index < -0.39 is 0 Å². The average Bonchev–Trinajstić information content (AvgIpc) is 2.55. The molecule has 0 saturated heterocycles. The zero-order chi connectivity index (χ0) is 16.4. The van der Waals surface area contributed by atoms with Crippen molar-refractivity contribution in [2.75, 3.05) is 11.5 Å². The van der Waals surface area contributed by atoms with E-state index in [2.05, 4.69) is 9.97 Å². The van der Waals surface area contributed by atoms with Gasteiger partial charge in [-0.2, -0.15) is 0 Å². The van der Waals surface area contributed by atoms with Gasteiger partial charge in [0.1, 0.15) is 5.03 Å². The van der Waals surface area contributed by atoms with Crippen LogP contribution in [0.4, 0.5) is 5.82 Å². The Balaban J connectivity index is 1.84. The van der Waals surface area contributed by atoms with E-state index in [0.29, 0.717) is 22.2 Å². The van der Waals surface area contributed by atoms with E-state index in [1.54, 1.807) is 0 Å². The summed E-state index contributed by atoms with van der Waals surface area (Å²) in [6.07, 6.45) is 0. The van der Waals surface area contributed by atoms with Crippen LogP contribution in [-0.2, 0) is 0 Å². The lowest BCUT2D eigenvalue weighted by Gasteiger charge is -2.08. The number of nitrogens with zero attached hydrogens (tertiary/aromatic N) is 2. The highest BCUT2D eigenvalue weighted by Crippen LogP contribution is 2.26. The summed E-state index contributed by atoms with van der Waals surface area (Å²) in [4.78, 5) is 21.2. The van der Waals surface area contributed by atoms with Crippen LogP contribution >= 0.6 is 11.8 Å². The molecule has 0 spiro atoms. The lowest BCUT2D eigenvalue weighted by molar-refractivity contribution is 0.102. The van der Waals surface area contributed by atoms with Gasteiger partial charge in [-0.1, -0.05) is 42.1 Å². The van der Waals surface area contributed by atoms with E-state index in [0.717, 1.165) is 22.2 Å². The topological polar surface area (TPSA) is 68.9 Å². The van der Waals surface area contributed by atoms with Crippen LogP contribution in [0.1, 0.15) is 21.5 Å². The third-order valence-corrected chi connectivity index (χ3v) is 4.69. The van der Waals surface area contributed by atoms with Crippen molar-refractivity contribution < 1.29 is 4.79 Å². The molecule has 5 heteroatoms. The van der Waals surface area contributed by atoms with Gasteiger partial charge in [0.2, 0.25) is 0 Å². The molecule has 0 atom stereocenters. The van der Waals surface area contributed by atoms with E-state index in [1.807, 2.05) is 56.3 Å². The molecule has 0 amide bonds. The smallest absolute Gasteiger partial charge is 0.173 e. The van der Waals surface area contributed by atoms with Crippen LogP contribution in [0.25, 0.3) is 11.0 Å². The summed E-state index contributed by atoms with van der Waals surface area (Å²) >= 11 is 1.33. The van der Waals surface area contributed by atoms with Gasteiger partial charge in [-0.25, -0.2) is 9.97 Å². The minimum atomic E-state index is 0.0528. The molecule has 0 aliphatic carbocycles. The fourth-order valence-corrected chi connectivity index (χ4v) is 3.05. The number of nitrogen functional groups attached to an aromatic ring is 1. The van der Waals surface area contributed by atoms with E-state index in [4.69, 9.17) is 5.73 Å². The molecule has 23 heavy (non-hydrogen) atoms. The Bertz CT molecular complexity index is 878. The second-order valence-corrected chi connectivity index (χ2v) is 6.38. The summed E-state index contributed by atoms with van der Waals surface area (Å²) in [6.45, 7) is 4.08.